The second kappa shape index (κ2) is 10.5. The Balaban J connectivity index is 1.43. The number of nitrogens with one attached hydrogen (secondary N) is 1. The van der Waals surface area contributed by atoms with Gasteiger partial charge in [0.15, 0.2) is 0 Å². The van der Waals surface area contributed by atoms with Gasteiger partial charge in [0.05, 0.1) is 12.2 Å². The summed E-state index contributed by atoms with van der Waals surface area (Å²) in [6.45, 7) is 5.27. The van der Waals surface area contributed by atoms with Crippen LogP contribution in [0.3, 0.4) is 0 Å². The first-order chi connectivity index (χ1) is 16.0. The number of aromatic nitrogens is 2. The van der Waals surface area contributed by atoms with E-state index < -0.39 is 0 Å². The van der Waals surface area contributed by atoms with Crippen molar-refractivity contribution < 1.29 is 14.3 Å². The summed E-state index contributed by atoms with van der Waals surface area (Å²) in [7, 11) is 1.66. The zero-order chi connectivity index (χ0) is 23.4. The Hall–Kier alpha value is -2.75. The molecule has 172 valence electrons. The van der Waals surface area contributed by atoms with Gasteiger partial charge in [-0.15, -0.1) is 22.0 Å². The SMILES string of the molecule is COCCSc1ccccc1C(=O)Nc1nnc([C@@H]2CC(=O)N(c3ccc(C)c(C)c3)C2)s1. The molecule has 1 aliphatic rings. The topological polar surface area (TPSA) is 84.4 Å². The Morgan fingerprint density at radius 1 is 1.21 bits per heavy atom. The lowest BCUT2D eigenvalue weighted by Crippen LogP contribution is -2.24. The molecule has 9 heteroatoms. The lowest BCUT2D eigenvalue weighted by molar-refractivity contribution is -0.117. The van der Waals surface area contributed by atoms with E-state index in [1.807, 2.05) is 48.2 Å². The molecule has 0 aliphatic carbocycles. The van der Waals surface area contributed by atoms with Gasteiger partial charge in [-0.25, -0.2) is 0 Å². The molecule has 1 saturated heterocycles. The number of benzene rings is 2. The highest BCUT2D eigenvalue weighted by Crippen LogP contribution is 2.35. The molecule has 1 fully saturated rings. The molecule has 1 atom stereocenters. The van der Waals surface area contributed by atoms with Gasteiger partial charge in [-0.2, -0.15) is 0 Å². The third-order valence-corrected chi connectivity index (χ3v) is 7.65. The van der Waals surface area contributed by atoms with Gasteiger partial charge >= 0.3 is 0 Å². The number of amides is 2. The highest BCUT2D eigenvalue weighted by molar-refractivity contribution is 7.99. The van der Waals surface area contributed by atoms with Gasteiger partial charge in [-0.1, -0.05) is 29.5 Å². The molecule has 0 saturated carbocycles. The minimum atomic E-state index is -0.225. The predicted octanol–water partition coefficient (Wildman–Crippen LogP) is 4.67. The lowest BCUT2D eigenvalue weighted by Gasteiger charge is -2.17. The number of thioether (sulfide) groups is 1. The zero-order valence-electron chi connectivity index (χ0n) is 18.8. The fraction of sp³-hybridized carbons (Fsp3) is 0.333. The molecule has 2 aromatic carbocycles. The van der Waals surface area contributed by atoms with Gasteiger partial charge in [0.1, 0.15) is 5.01 Å². The van der Waals surface area contributed by atoms with E-state index in [1.54, 1.807) is 24.9 Å². The maximum atomic E-state index is 12.9. The van der Waals surface area contributed by atoms with Gasteiger partial charge in [-0.3, -0.25) is 14.9 Å². The normalized spacial score (nSPS) is 15.8. The van der Waals surface area contributed by atoms with Gasteiger partial charge in [-0.05, 0) is 49.2 Å². The summed E-state index contributed by atoms with van der Waals surface area (Å²) in [5, 5.41) is 12.5. The number of carbonyl (C=O) groups excluding carboxylic acids is 2. The van der Waals surface area contributed by atoms with Crippen molar-refractivity contribution in [1.29, 1.82) is 0 Å². The second-order valence-corrected chi connectivity index (χ2v) is 10.1. The standard InChI is InChI=1S/C24H26N4O3S2/c1-15-8-9-18(12-16(15)2)28-14-17(13-21(28)29)23-26-27-24(33-23)25-22(30)19-6-4-5-7-20(19)32-11-10-31-3/h4-9,12,17H,10-11,13-14H2,1-3H3,(H,25,27,30)/t17-/m1/s1. The summed E-state index contributed by atoms with van der Waals surface area (Å²) < 4.78 is 5.10. The summed E-state index contributed by atoms with van der Waals surface area (Å²) >= 11 is 2.90. The summed E-state index contributed by atoms with van der Waals surface area (Å²) in [4.78, 5) is 28.2. The number of hydrogen-bond acceptors (Lipinski definition) is 7. The van der Waals surface area contributed by atoms with E-state index in [0.29, 0.717) is 30.3 Å². The molecule has 2 amide bonds. The summed E-state index contributed by atoms with van der Waals surface area (Å²) in [6, 6.07) is 13.5. The Bertz CT molecular complexity index is 1160. The molecule has 33 heavy (non-hydrogen) atoms. The summed E-state index contributed by atoms with van der Waals surface area (Å²) in [5.41, 5.74) is 3.86. The monoisotopic (exact) mass is 482 g/mol. The van der Waals surface area contributed by atoms with Crippen LogP contribution in [0.4, 0.5) is 10.8 Å². The highest BCUT2D eigenvalue weighted by Gasteiger charge is 2.34. The minimum absolute atomic E-state index is 0.0425. The van der Waals surface area contributed by atoms with Crippen LogP contribution in [0.25, 0.3) is 0 Å². The molecule has 2 heterocycles. The van der Waals surface area contributed by atoms with E-state index in [4.69, 9.17) is 4.74 Å². The fourth-order valence-electron chi connectivity index (χ4n) is 3.65. The summed E-state index contributed by atoms with van der Waals surface area (Å²) in [6.07, 6.45) is 0.383. The molecule has 1 N–H and O–H groups in total. The van der Waals surface area contributed by atoms with E-state index in [1.165, 1.54) is 16.9 Å². The second-order valence-electron chi connectivity index (χ2n) is 7.91. The van der Waals surface area contributed by atoms with Crippen molar-refractivity contribution in [2.24, 2.45) is 0 Å². The Morgan fingerprint density at radius 3 is 2.82 bits per heavy atom. The van der Waals surface area contributed by atoms with Crippen LogP contribution in [0, 0.1) is 13.8 Å². The van der Waals surface area contributed by atoms with Crippen molar-refractivity contribution in [3.05, 3.63) is 64.2 Å². The quantitative estimate of drug-likeness (QED) is 0.371. The van der Waals surface area contributed by atoms with E-state index >= 15 is 0 Å². The largest absolute Gasteiger partial charge is 0.384 e. The van der Waals surface area contributed by atoms with Gasteiger partial charge in [0.25, 0.3) is 5.91 Å². The van der Waals surface area contributed by atoms with Gasteiger partial charge in [0.2, 0.25) is 11.0 Å². The smallest absolute Gasteiger partial charge is 0.258 e. The number of hydrogen-bond donors (Lipinski definition) is 1. The van der Waals surface area contributed by atoms with Crippen molar-refractivity contribution >= 4 is 45.7 Å². The van der Waals surface area contributed by atoms with Crippen molar-refractivity contribution in [2.75, 3.05) is 36.2 Å². The lowest BCUT2D eigenvalue weighted by atomic mass is 10.1. The number of carbonyl (C=O) groups is 2. The van der Waals surface area contributed by atoms with Crippen LogP contribution in [0.5, 0.6) is 0 Å². The van der Waals surface area contributed by atoms with Crippen LogP contribution in [-0.4, -0.2) is 48.0 Å². The highest BCUT2D eigenvalue weighted by atomic mass is 32.2. The third kappa shape index (κ3) is 5.43. The molecule has 7 nitrogen and oxygen atoms in total. The average molecular weight is 483 g/mol. The Labute approximate surface area is 201 Å². The van der Waals surface area contributed by atoms with Crippen molar-refractivity contribution in [1.82, 2.24) is 10.2 Å². The number of ether oxygens (including phenoxy) is 1. The van der Waals surface area contributed by atoms with Crippen molar-refractivity contribution in [3.8, 4) is 0 Å². The molecule has 0 unspecified atom stereocenters. The number of methoxy groups -OCH3 is 1. The first-order valence-electron chi connectivity index (χ1n) is 10.7. The molecule has 1 aliphatic heterocycles. The molecule has 4 rings (SSSR count). The molecular weight excluding hydrogens is 456 g/mol. The van der Waals surface area contributed by atoms with E-state index in [9.17, 15) is 9.59 Å². The molecule has 0 bridgehead atoms. The summed E-state index contributed by atoms with van der Waals surface area (Å²) in [5.74, 6) is 0.568. The van der Waals surface area contributed by atoms with Crippen LogP contribution >= 0.6 is 23.1 Å². The Kier molecular flexibility index (Phi) is 7.42. The third-order valence-electron chi connectivity index (χ3n) is 5.61. The molecule has 1 aromatic heterocycles. The molecular formula is C24H26N4O3S2. The molecule has 0 radical (unpaired) electrons. The Morgan fingerprint density at radius 2 is 2.03 bits per heavy atom. The average Bonchev–Trinajstić information content (AvgIpc) is 3.42. The van der Waals surface area contributed by atoms with E-state index in [0.717, 1.165) is 26.9 Å². The zero-order valence-corrected chi connectivity index (χ0v) is 20.5. The molecule has 0 spiro atoms. The van der Waals surface area contributed by atoms with Gasteiger partial charge in [0, 0.05) is 42.3 Å². The maximum Gasteiger partial charge on any atom is 0.258 e. The van der Waals surface area contributed by atoms with Crippen molar-refractivity contribution in [3.63, 3.8) is 0 Å². The van der Waals surface area contributed by atoms with Crippen molar-refractivity contribution in [2.45, 2.75) is 31.1 Å². The predicted molar refractivity (Wildman–Crippen MR) is 133 cm³/mol. The van der Waals surface area contributed by atoms with Crippen LogP contribution in [0.15, 0.2) is 47.4 Å². The van der Waals surface area contributed by atoms with E-state index in [-0.39, 0.29) is 17.7 Å². The van der Waals surface area contributed by atoms with Gasteiger partial charge < -0.3 is 9.64 Å². The maximum absolute atomic E-state index is 12.9. The van der Waals surface area contributed by atoms with Crippen LogP contribution in [0.1, 0.15) is 38.8 Å². The van der Waals surface area contributed by atoms with Crippen LogP contribution < -0.4 is 10.2 Å². The number of anilines is 2. The molecule has 3 aromatic rings. The fourth-order valence-corrected chi connectivity index (χ4v) is 5.44. The first kappa shape index (κ1) is 23.4. The number of rotatable bonds is 8. The van der Waals surface area contributed by atoms with Crippen LogP contribution in [-0.2, 0) is 9.53 Å². The van der Waals surface area contributed by atoms with E-state index in [2.05, 4.69) is 22.4 Å². The minimum Gasteiger partial charge on any atom is -0.384 e. The van der Waals surface area contributed by atoms with Crippen LogP contribution in [0.2, 0.25) is 0 Å². The number of aryl methyl sites for hydroxylation is 2. The number of nitrogens with zero attached hydrogens (tertiary/aromatic N) is 3. The first-order valence-corrected chi connectivity index (χ1v) is 12.5.